The largest absolute Gasteiger partial charge is 0.493 e. The van der Waals surface area contributed by atoms with Crippen molar-refractivity contribution in [2.75, 3.05) is 20.0 Å². The Morgan fingerprint density at radius 1 is 1.04 bits per heavy atom. The van der Waals surface area contributed by atoms with Gasteiger partial charge in [0.25, 0.3) is 5.91 Å². The third-order valence-electron chi connectivity index (χ3n) is 3.28. The van der Waals surface area contributed by atoms with E-state index >= 15 is 0 Å². The van der Waals surface area contributed by atoms with Crippen molar-refractivity contribution in [2.45, 2.75) is 6.92 Å². The average Bonchev–Trinajstić information content (AvgIpc) is 2.58. The first-order valence-corrected chi connectivity index (χ1v) is 6.97. The molecule has 0 heterocycles. The number of hydrogen-bond acceptors (Lipinski definition) is 5. The fourth-order valence-corrected chi connectivity index (χ4v) is 2.00. The number of ether oxygens (including phenoxy) is 2. The Bertz CT molecular complexity index is 742. The van der Waals surface area contributed by atoms with Crippen LogP contribution in [0.4, 0.5) is 5.69 Å². The lowest BCUT2D eigenvalue weighted by atomic mass is 10.1. The summed E-state index contributed by atoms with van der Waals surface area (Å²) in [6.45, 7) is 1.80. The number of anilines is 1. The molecule has 2 rings (SSSR count). The molecule has 0 aliphatic rings. The molecule has 0 saturated heterocycles. The SMILES string of the molecule is COc1ccc(C(=O)N/N=C(\C)c2cccc(N)c2)cc1OC. The predicted molar refractivity (Wildman–Crippen MR) is 90.1 cm³/mol. The molecule has 3 N–H and O–H groups in total. The van der Waals surface area contributed by atoms with E-state index in [1.807, 2.05) is 12.1 Å². The predicted octanol–water partition coefficient (Wildman–Crippen LogP) is 2.44. The Morgan fingerprint density at radius 2 is 1.78 bits per heavy atom. The van der Waals surface area contributed by atoms with Crippen LogP contribution in [0.1, 0.15) is 22.8 Å². The van der Waals surface area contributed by atoms with E-state index in [9.17, 15) is 4.79 Å². The van der Waals surface area contributed by atoms with Crippen molar-refractivity contribution in [1.29, 1.82) is 0 Å². The minimum Gasteiger partial charge on any atom is -0.493 e. The maximum Gasteiger partial charge on any atom is 0.271 e. The number of nitrogens with one attached hydrogen (secondary N) is 1. The van der Waals surface area contributed by atoms with Crippen molar-refractivity contribution >= 4 is 17.3 Å². The van der Waals surface area contributed by atoms with Crippen molar-refractivity contribution in [1.82, 2.24) is 5.43 Å². The summed E-state index contributed by atoms with van der Waals surface area (Å²) >= 11 is 0. The van der Waals surface area contributed by atoms with Crippen LogP contribution >= 0.6 is 0 Å². The zero-order valence-electron chi connectivity index (χ0n) is 13.3. The molecule has 0 radical (unpaired) electrons. The lowest BCUT2D eigenvalue weighted by molar-refractivity contribution is 0.0954. The van der Waals surface area contributed by atoms with Gasteiger partial charge in [0.15, 0.2) is 11.5 Å². The van der Waals surface area contributed by atoms with E-state index in [1.54, 1.807) is 37.3 Å². The minimum absolute atomic E-state index is 0.339. The second-order valence-corrected chi connectivity index (χ2v) is 4.83. The molecule has 0 aliphatic carbocycles. The molecule has 0 aliphatic heterocycles. The summed E-state index contributed by atoms with van der Waals surface area (Å²) in [4.78, 5) is 12.2. The van der Waals surface area contributed by atoms with Gasteiger partial charge in [0.05, 0.1) is 19.9 Å². The van der Waals surface area contributed by atoms with Gasteiger partial charge in [-0.2, -0.15) is 5.10 Å². The lowest BCUT2D eigenvalue weighted by Crippen LogP contribution is -2.19. The molecule has 0 atom stereocenters. The first-order chi connectivity index (χ1) is 11.0. The fraction of sp³-hybridized carbons (Fsp3) is 0.176. The third-order valence-corrected chi connectivity index (χ3v) is 3.28. The molecule has 0 spiro atoms. The quantitative estimate of drug-likeness (QED) is 0.504. The molecule has 0 bridgehead atoms. The summed E-state index contributed by atoms with van der Waals surface area (Å²) in [6, 6.07) is 12.2. The smallest absolute Gasteiger partial charge is 0.271 e. The van der Waals surface area contributed by atoms with Gasteiger partial charge in [-0.3, -0.25) is 4.79 Å². The number of methoxy groups -OCH3 is 2. The molecule has 2 aromatic carbocycles. The van der Waals surface area contributed by atoms with Gasteiger partial charge in [0, 0.05) is 11.3 Å². The normalized spacial score (nSPS) is 11.0. The molecule has 120 valence electrons. The van der Waals surface area contributed by atoms with Gasteiger partial charge < -0.3 is 15.2 Å². The lowest BCUT2D eigenvalue weighted by Gasteiger charge is -2.09. The highest BCUT2D eigenvalue weighted by molar-refractivity contribution is 6.01. The van der Waals surface area contributed by atoms with Crippen LogP contribution in [0.5, 0.6) is 11.5 Å². The van der Waals surface area contributed by atoms with Crippen molar-refractivity contribution in [2.24, 2.45) is 5.10 Å². The van der Waals surface area contributed by atoms with Crippen molar-refractivity contribution in [3.63, 3.8) is 0 Å². The van der Waals surface area contributed by atoms with Gasteiger partial charge in [-0.1, -0.05) is 12.1 Å². The van der Waals surface area contributed by atoms with E-state index in [1.165, 1.54) is 14.2 Å². The molecule has 2 aromatic rings. The van der Waals surface area contributed by atoms with E-state index in [0.29, 0.717) is 28.5 Å². The van der Waals surface area contributed by atoms with Gasteiger partial charge in [-0.05, 0) is 42.8 Å². The summed E-state index contributed by atoms with van der Waals surface area (Å²) in [6.07, 6.45) is 0. The Morgan fingerprint density at radius 3 is 2.43 bits per heavy atom. The number of hydrogen-bond donors (Lipinski definition) is 2. The van der Waals surface area contributed by atoms with Gasteiger partial charge in [-0.15, -0.1) is 0 Å². The van der Waals surface area contributed by atoms with Crippen molar-refractivity contribution < 1.29 is 14.3 Å². The molecule has 6 heteroatoms. The Balaban J connectivity index is 2.14. The topological polar surface area (TPSA) is 85.9 Å². The molecule has 0 unspecified atom stereocenters. The average molecular weight is 313 g/mol. The number of nitrogens with zero attached hydrogens (tertiary/aromatic N) is 1. The fourth-order valence-electron chi connectivity index (χ4n) is 2.00. The molecule has 6 nitrogen and oxygen atoms in total. The Kier molecular flexibility index (Phi) is 5.19. The first kappa shape index (κ1) is 16.4. The Hall–Kier alpha value is -3.02. The number of nitrogens with two attached hydrogens (primary N) is 1. The minimum atomic E-state index is -0.339. The summed E-state index contributed by atoms with van der Waals surface area (Å²) < 4.78 is 10.3. The van der Waals surface area contributed by atoms with E-state index in [4.69, 9.17) is 15.2 Å². The number of hydrazone groups is 1. The molecule has 0 fully saturated rings. The molecule has 0 aromatic heterocycles. The summed E-state index contributed by atoms with van der Waals surface area (Å²) in [5, 5.41) is 4.10. The van der Waals surface area contributed by atoms with Gasteiger partial charge in [0.1, 0.15) is 0 Å². The van der Waals surface area contributed by atoms with Crippen LogP contribution in [0.2, 0.25) is 0 Å². The summed E-state index contributed by atoms with van der Waals surface area (Å²) in [7, 11) is 3.05. The zero-order chi connectivity index (χ0) is 16.8. The van der Waals surface area contributed by atoms with Crippen LogP contribution in [-0.4, -0.2) is 25.8 Å². The van der Waals surface area contributed by atoms with Crippen molar-refractivity contribution in [3.05, 3.63) is 53.6 Å². The second-order valence-electron chi connectivity index (χ2n) is 4.83. The maximum absolute atomic E-state index is 12.2. The van der Waals surface area contributed by atoms with Crippen LogP contribution in [0.15, 0.2) is 47.6 Å². The van der Waals surface area contributed by atoms with Crippen LogP contribution in [0, 0.1) is 0 Å². The van der Waals surface area contributed by atoms with E-state index < -0.39 is 0 Å². The highest BCUT2D eigenvalue weighted by atomic mass is 16.5. The highest BCUT2D eigenvalue weighted by Gasteiger charge is 2.10. The van der Waals surface area contributed by atoms with Crippen LogP contribution in [0.3, 0.4) is 0 Å². The summed E-state index contributed by atoms with van der Waals surface area (Å²) in [5.74, 6) is 0.703. The molecule has 0 saturated carbocycles. The van der Waals surface area contributed by atoms with E-state index in [0.717, 1.165) is 5.56 Å². The van der Waals surface area contributed by atoms with Crippen LogP contribution in [0.25, 0.3) is 0 Å². The molecule has 1 amide bonds. The van der Waals surface area contributed by atoms with E-state index in [-0.39, 0.29) is 5.91 Å². The summed E-state index contributed by atoms with van der Waals surface area (Å²) in [5.41, 5.74) is 10.8. The maximum atomic E-state index is 12.2. The number of carbonyl (C=O) groups excluding carboxylic acids is 1. The number of nitrogen functional groups attached to an aromatic ring is 1. The van der Waals surface area contributed by atoms with Crippen LogP contribution in [-0.2, 0) is 0 Å². The number of amides is 1. The zero-order valence-corrected chi connectivity index (χ0v) is 13.3. The molecule has 23 heavy (non-hydrogen) atoms. The van der Waals surface area contributed by atoms with E-state index in [2.05, 4.69) is 10.5 Å². The molecular formula is C17H19N3O3. The van der Waals surface area contributed by atoms with Gasteiger partial charge >= 0.3 is 0 Å². The standard InChI is InChI=1S/C17H19N3O3/c1-11(12-5-4-6-14(18)9-12)19-20-17(21)13-7-8-15(22-2)16(10-13)23-3/h4-10H,18H2,1-3H3,(H,20,21)/b19-11+. The number of benzene rings is 2. The Labute approximate surface area is 134 Å². The van der Waals surface area contributed by atoms with Crippen molar-refractivity contribution in [3.8, 4) is 11.5 Å². The first-order valence-electron chi connectivity index (χ1n) is 6.97. The third kappa shape index (κ3) is 4.00. The van der Waals surface area contributed by atoms with Gasteiger partial charge in [0.2, 0.25) is 0 Å². The number of rotatable bonds is 5. The second kappa shape index (κ2) is 7.31. The van der Waals surface area contributed by atoms with Gasteiger partial charge in [-0.25, -0.2) is 5.43 Å². The monoisotopic (exact) mass is 313 g/mol. The highest BCUT2D eigenvalue weighted by Crippen LogP contribution is 2.27. The van der Waals surface area contributed by atoms with Crippen LogP contribution < -0.4 is 20.6 Å². The molecular weight excluding hydrogens is 294 g/mol. The number of carbonyl (C=O) groups is 1.